The molecule has 1 aromatic heterocycles. The molecule has 0 fully saturated rings. The number of rotatable bonds is 1. The van der Waals surface area contributed by atoms with Gasteiger partial charge in [-0.15, -0.1) is 0 Å². The largest absolute Gasteiger partial charge is 0.327 e. The highest BCUT2D eigenvalue weighted by atomic mass is 16.2. The van der Waals surface area contributed by atoms with Crippen LogP contribution in [-0.4, -0.2) is 16.9 Å². The zero-order chi connectivity index (χ0) is 9.68. The Labute approximate surface area is 75.2 Å². The Hall–Kier alpha value is -1.91. The van der Waals surface area contributed by atoms with E-state index in [1.165, 1.54) is 6.92 Å². The number of hydrogen-bond donors (Lipinski definition) is 2. The van der Waals surface area contributed by atoms with Crippen LogP contribution < -0.4 is 10.6 Å². The highest BCUT2D eigenvalue weighted by molar-refractivity contribution is 5.99. The molecule has 13 heavy (non-hydrogen) atoms. The number of imide groups is 1. The van der Waals surface area contributed by atoms with Crippen molar-refractivity contribution in [2.75, 3.05) is 5.32 Å². The number of pyridine rings is 1. The summed E-state index contributed by atoms with van der Waals surface area (Å²) in [6, 6.07) is 4.51. The molecular formula is C8H9N3O2. The van der Waals surface area contributed by atoms with Gasteiger partial charge in [0.2, 0.25) is 5.91 Å². The maximum atomic E-state index is 10.9. The molecule has 3 amide bonds. The number of anilines is 1. The average Bonchev–Trinajstić information content (AvgIpc) is 2.04. The van der Waals surface area contributed by atoms with Gasteiger partial charge in [-0.05, 0) is 12.1 Å². The molecule has 0 aromatic carbocycles. The number of nitrogens with one attached hydrogen (secondary N) is 2. The summed E-state index contributed by atoms with van der Waals surface area (Å²) in [6.45, 7) is 1.26. The summed E-state index contributed by atoms with van der Waals surface area (Å²) in [4.78, 5) is 25.2. The lowest BCUT2D eigenvalue weighted by Gasteiger charge is -2.02. The third kappa shape index (κ3) is 3.33. The fraction of sp³-hybridized carbons (Fsp3) is 0.125. The fourth-order valence-electron chi connectivity index (χ4n) is 0.744. The van der Waals surface area contributed by atoms with Gasteiger partial charge in [0.1, 0.15) is 5.82 Å². The van der Waals surface area contributed by atoms with Crippen molar-refractivity contribution in [3.8, 4) is 0 Å². The molecule has 0 atom stereocenters. The Morgan fingerprint density at radius 2 is 2.15 bits per heavy atom. The first kappa shape index (κ1) is 9.18. The van der Waals surface area contributed by atoms with Crippen LogP contribution >= 0.6 is 0 Å². The van der Waals surface area contributed by atoms with Crippen LogP contribution in [0.5, 0.6) is 0 Å². The maximum absolute atomic E-state index is 10.9. The van der Waals surface area contributed by atoms with E-state index < -0.39 is 11.9 Å². The summed E-state index contributed by atoms with van der Waals surface area (Å²) in [6.07, 6.45) is 1.55. The van der Waals surface area contributed by atoms with Crippen molar-refractivity contribution >= 4 is 17.8 Å². The summed E-state index contributed by atoms with van der Waals surface area (Å²) >= 11 is 0. The second kappa shape index (κ2) is 4.20. The van der Waals surface area contributed by atoms with E-state index in [4.69, 9.17) is 0 Å². The van der Waals surface area contributed by atoms with Crippen LogP contribution in [0.25, 0.3) is 0 Å². The van der Waals surface area contributed by atoms with Gasteiger partial charge >= 0.3 is 6.03 Å². The SMILES string of the molecule is CC(=O)NC(=O)Nc1ccccn1. The maximum Gasteiger partial charge on any atom is 0.327 e. The van der Waals surface area contributed by atoms with Crippen molar-refractivity contribution in [2.45, 2.75) is 6.92 Å². The van der Waals surface area contributed by atoms with E-state index in [0.717, 1.165) is 0 Å². The second-order valence-corrected chi connectivity index (χ2v) is 2.35. The van der Waals surface area contributed by atoms with E-state index in [9.17, 15) is 9.59 Å². The number of hydrogen-bond acceptors (Lipinski definition) is 3. The van der Waals surface area contributed by atoms with Crippen LogP contribution in [0.4, 0.5) is 10.6 Å². The van der Waals surface area contributed by atoms with Gasteiger partial charge in [-0.2, -0.15) is 0 Å². The van der Waals surface area contributed by atoms with E-state index in [1.54, 1.807) is 24.4 Å². The first-order valence-electron chi connectivity index (χ1n) is 3.68. The lowest BCUT2D eigenvalue weighted by atomic mass is 10.5. The summed E-state index contributed by atoms with van der Waals surface area (Å²) in [5.41, 5.74) is 0. The summed E-state index contributed by atoms with van der Waals surface area (Å²) < 4.78 is 0. The van der Waals surface area contributed by atoms with Crippen LogP contribution in [0.2, 0.25) is 0 Å². The molecule has 0 aliphatic carbocycles. The van der Waals surface area contributed by atoms with Gasteiger partial charge in [0.25, 0.3) is 0 Å². The molecule has 5 nitrogen and oxygen atoms in total. The van der Waals surface area contributed by atoms with Gasteiger partial charge in [-0.25, -0.2) is 9.78 Å². The van der Waals surface area contributed by atoms with Crippen LogP contribution in [0.1, 0.15) is 6.92 Å². The molecule has 0 bridgehead atoms. The molecule has 0 radical (unpaired) electrons. The minimum atomic E-state index is -0.578. The molecule has 1 aromatic rings. The predicted molar refractivity (Wildman–Crippen MR) is 47.1 cm³/mol. The van der Waals surface area contributed by atoms with Gasteiger partial charge < -0.3 is 0 Å². The van der Waals surface area contributed by atoms with Gasteiger partial charge in [0, 0.05) is 13.1 Å². The van der Waals surface area contributed by atoms with E-state index in [0.29, 0.717) is 5.82 Å². The first-order valence-corrected chi connectivity index (χ1v) is 3.68. The van der Waals surface area contributed by atoms with Crippen LogP contribution in [0, 0.1) is 0 Å². The fourth-order valence-corrected chi connectivity index (χ4v) is 0.744. The van der Waals surface area contributed by atoms with Gasteiger partial charge in [0.05, 0.1) is 0 Å². The Balaban J connectivity index is 2.50. The Morgan fingerprint density at radius 1 is 1.38 bits per heavy atom. The summed E-state index contributed by atoms with van der Waals surface area (Å²) in [5.74, 6) is -0.00492. The predicted octanol–water partition coefficient (Wildman–Crippen LogP) is 0.750. The van der Waals surface area contributed by atoms with Crippen LogP contribution in [0.3, 0.4) is 0 Å². The molecule has 68 valence electrons. The molecule has 0 unspecified atom stereocenters. The summed E-state index contributed by atoms with van der Waals surface area (Å²) in [5, 5.41) is 4.45. The number of aromatic nitrogens is 1. The monoisotopic (exact) mass is 179 g/mol. The number of carbonyl (C=O) groups is 2. The molecular weight excluding hydrogens is 170 g/mol. The molecule has 0 saturated carbocycles. The van der Waals surface area contributed by atoms with Crippen molar-refractivity contribution in [1.29, 1.82) is 0 Å². The third-order valence-electron chi connectivity index (χ3n) is 1.20. The molecule has 0 aliphatic heterocycles. The van der Waals surface area contributed by atoms with E-state index in [2.05, 4.69) is 15.6 Å². The van der Waals surface area contributed by atoms with Crippen molar-refractivity contribution in [1.82, 2.24) is 10.3 Å². The smallest absolute Gasteiger partial charge is 0.292 e. The van der Waals surface area contributed by atoms with Gasteiger partial charge in [0.15, 0.2) is 0 Å². The quantitative estimate of drug-likeness (QED) is 0.668. The topological polar surface area (TPSA) is 71.1 Å². The lowest BCUT2D eigenvalue weighted by Crippen LogP contribution is -2.32. The molecule has 2 N–H and O–H groups in total. The highest BCUT2D eigenvalue weighted by Crippen LogP contribution is 1.98. The van der Waals surface area contributed by atoms with Gasteiger partial charge in [-0.1, -0.05) is 6.07 Å². The molecule has 1 heterocycles. The minimum Gasteiger partial charge on any atom is -0.292 e. The van der Waals surface area contributed by atoms with Gasteiger partial charge in [-0.3, -0.25) is 15.4 Å². The van der Waals surface area contributed by atoms with Crippen molar-refractivity contribution in [3.05, 3.63) is 24.4 Å². The average molecular weight is 179 g/mol. The highest BCUT2D eigenvalue weighted by Gasteiger charge is 2.02. The Morgan fingerprint density at radius 3 is 2.69 bits per heavy atom. The molecule has 5 heteroatoms. The minimum absolute atomic E-state index is 0.404. The first-order chi connectivity index (χ1) is 6.18. The molecule has 0 spiro atoms. The van der Waals surface area contributed by atoms with Crippen molar-refractivity contribution in [2.24, 2.45) is 0 Å². The standard InChI is InChI=1S/C8H9N3O2/c1-6(12)10-8(13)11-7-4-2-3-5-9-7/h2-5H,1H3,(H2,9,10,11,12,13). The zero-order valence-electron chi connectivity index (χ0n) is 7.07. The van der Waals surface area contributed by atoms with E-state index in [-0.39, 0.29) is 0 Å². The van der Waals surface area contributed by atoms with E-state index >= 15 is 0 Å². The summed E-state index contributed by atoms with van der Waals surface area (Å²) in [7, 11) is 0. The van der Waals surface area contributed by atoms with Crippen LogP contribution in [-0.2, 0) is 4.79 Å². The number of urea groups is 1. The third-order valence-corrected chi connectivity index (χ3v) is 1.20. The number of nitrogens with zero attached hydrogens (tertiary/aromatic N) is 1. The zero-order valence-corrected chi connectivity index (χ0v) is 7.07. The number of amides is 3. The lowest BCUT2D eigenvalue weighted by molar-refractivity contribution is -0.117. The molecule has 0 aliphatic rings. The van der Waals surface area contributed by atoms with Crippen molar-refractivity contribution in [3.63, 3.8) is 0 Å². The van der Waals surface area contributed by atoms with Crippen LogP contribution in [0.15, 0.2) is 24.4 Å². The van der Waals surface area contributed by atoms with Crippen molar-refractivity contribution < 1.29 is 9.59 Å². The second-order valence-electron chi connectivity index (χ2n) is 2.35. The molecule has 0 saturated heterocycles. The Kier molecular flexibility index (Phi) is 2.97. The number of carbonyl (C=O) groups excluding carboxylic acids is 2. The molecule has 1 rings (SSSR count). The Bertz CT molecular complexity index is 310. The van der Waals surface area contributed by atoms with E-state index in [1.807, 2.05) is 0 Å². The normalized spacial score (nSPS) is 9.00.